The van der Waals surface area contributed by atoms with Crippen molar-refractivity contribution in [3.8, 4) is 0 Å². The summed E-state index contributed by atoms with van der Waals surface area (Å²) in [6, 6.07) is 8.43. The van der Waals surface area contributed by atoms with Crippen LogP contribution in [0.3, 0.4) is 0 Å². The molecule has 0 N–H and O–H groups in total. The molecule has 0 aliphatic heterocycles. The first-order chi connectivity index (χ1) is 8.74. The van der Waals surface area contributed by atoms with Crippen LogP contribution in [0, 0.1) is 12.8 Å². The van der Waals surface area contributed by atoms with Gasteiger partial charge in [-0.3, -0.25) is 4.79 Å². The zero-order valence-corrected chi connectivity index (χ0v) is 11.3. The standard InChI is InChI=1S/C16H22O2/c1-12-8-6-7-9-13(12)14-10-4-3-5-11-15(14)16(17)18-2/h6-9,14-15H,3-5,10-11H2,1-2H3. The molecule has 1 aromatic carbocycles. The Labute approximate surface area is 109 Å². The Kier molecular flexibility index (Phi) is 4.40. The van der Waals surface area contributed by atoms with Gasteiger partial charge >= 0.3 is 5.97 Å². The summed E-state index contributed by atoms with van der Waals surface area (Å²) in [7, 11) is 1.50. The van der Waals surface area contributed by atoms with Crippen molar-refractivity contribution in [2.24, 2.45) is 5.92 Å². The molecular weight excluding hydrogens is 224 g/mol. The molecule has 1 aliphatic rings. The summed E-state index contributed by atoms with van der Waals surface area (Å²) in [5, 5.41) is 0. The Morgan fingerprint density at radius 3 is 2.61 bits per heavy atom. The van der Waals surface area contributed by atoms with Gasteiger partial charge < -0.3 is 4.74 Å². The van der Waals surface area contributed by atoms with Crippen LogP contribution in [-0.2, 0) is 9.53 Å². The maximum atomic E-state index is 12.0. The van der Waals surface area contributed by atoms with E-state index >= 15 is 0 Å². The molecule has 2 nitrogen and oxygen atoms in total. The number of hydrogen-bond acceptors (Lipinski definition) is 2. The maximum Gasteiger partial charge on any atom is 0.309 e. The van der Waals surface area contributed by atoms with Gasteiger partial charge in [-0.1, -0.05) is 43.5 Å². The average molecular weight is 246 g/mol. The number of aryl methyl sites for hydroxylation is 1. The second-order valence-corrected chi connectivity index (χ2v) is 5.23. The van der Waals surface area contributed by atoms with Gasteiger partial charge in [-0.25, -0.2) is 0 Å². The Hall–Kier alpha value is -1.31. The van der Waals surface area contributed by atoms with Crippen LogP contribution < -0.4 is 0 Å². The van der Waals surface area contributed by atoms with Gasteiger partial charge in [-0.05, 0) is 36.8 Å². The number of esters is 1. The molecule has 1 aliphatic carbocycles. The smallest absolute Gasteiger partial charge is 0.309 e. The van der Waals surface area contributed by atoms with Crippen LogP contribution in [0.4, 0.5) is 0 Å². The summed E-state index contributed by atoms with van der Waals surface area (Å²) in [4.78, 5) is 12.0. The Morgan fingerprint density at radius 2 is 1.89 bits per heavy atom. The van der Waals surface area contributed by atoms with Gasteiger partial charge in [0.1, 0.15) is 0 Å². The normalized spacial score (nSPS) is 24.3. The molecule has 1 saturated carbocycles. The zero-order chi connectivity index (χ0) is 13.0. The van der Waals surface area contributed by atoms with E-state index in [1.54, 1.807) is 0 Å². The topological polar surface area (TPSA) is 26.3 Å². The summed E-state index contributed by atoms with van der Waals surface area (Å²) < 4.78 is 5.00. The fraction of sp³-hybridized carbons (Fsp3) is 0.562. The molecule has 0 amide bonds. The summed E-state index contributed by atoms with van der Waals surface area (Å²) in [5.74, 6) is 0.338. The molecule has 2 heteroatoms. The molecule has 0 saturated heterocycles. The van der Waals surface area contributed by atoms with Crippen molar-refractivity contribution in [2.75, 3.05) is 7.11 Å². The molecule has 1 aromatic rings. The van der Waals surface area contributed by atoms with Crippen molar-refractivity contribution in [1.29, 1.82) is 0 Å². The minimum atomic E-state index is -0.0369. The van der Waals surface area contributed by atoms with Crippen LogP contribution in [-0.4, -0.2) is 13.1 Å². The lowest BCUT2D eigenvalue weighted by Crippen LogP contribution is -2.23. The third-order valence-corrected chi connectivity index (χ3v) is 4.11. The van der Waals surface area contributed by atoms with Crippen molar-refractivity contribution >= 4 is 5.97 Å². The first-order valence-electron chi connectivity index (χ1n) is 6.87. The van der Waals surface area contributed by atoms with Gasteiger partial charge in [0.2, 0.25) is 0 Å². The molecule has 0 aromatic heterocycles. The highest BCUT2D eigenvalue weighted by atomic mass is 16.5. The molecule has 18 heavy (non-hydrogen) atoms. The van der Waals surface area contributed by atoms with Crippen LogP contribution in [0.5, 0.6) is 0 Å². The molecule has 2 rings (SSSR count). The van der Waals surface area contributed by atoms with E-state index in [-0.39, 0.29) is 11.9 Å². The third-order valence-electron chi connectivity index (χ3n) is 4.11. The number of carbonyl (C=O) groups excluding carboxylic acids is 1. The minimum absolute atomic E-state index is 0.0369. The molecule has 2 unspecified atom stereocenters. The Balaban J connectivity index is 2.31. The average Bonchev–Trinajstić information content (AvgIpc) is 2.64. The van der Waals surface area contributed by atoms with Crippen molar-refractivity contribution in [3.63, 3.8) is 0 Å². The highest BCUT2D eigenvalue weighted by Crippen LogP contribution is 2.38. The molecular formula is C16H22O2. The van der Waals surface area contributed by atoms with E-state index in [0.717, 1.165) is 19.3 Å². The molecule has 98 valence electrons. The van der Waals surface area contributed by atoms with Gasteiger partial charge in [0.05, 0.1) is 13.0 Å². The lowest BCUT2D eigenvalue weighted by atomic mass is 9.81. The lowest BCUT2D eigenvalue weighted by Gasteiger charge is -2.24. The van der Waals surface area contributed by atoms with Gasteiger partial charge in [-0.15, -0.1) is 0 Å². The maximum absolute atomic E-state index is 12.0. The van der Waals surface area contributed by atoms with Crippen LogP contribution in [0.2, 0.25) is 0 Å². The van der Waals surface area contributed by atoms with Crippen LogP contribution in [0.1, 0.15) is 49.1 Å². The predicted molar refractivity (Wildman–Crippen MR) is 72.5 cm³/mol. The minimum Gasteiger partial charge on any atom is -0.469 e. The number of carbonyl (C=O) groups is 1. The van der Waals surface area contributed by atoms with Gasteiger partial charge in [-0.2, -0.15) is 0 Å². The number of ether oxygens (including phenoxy) is 1. The Bertz CT molecular complexity index is 411. The number of hydrogen-bond donors (Lipinski definition) is 0. The van der Waals surface area contributed by atoms with E-state index in [1.165, 1.54) is 31.1 Å². The van der Waals surface area contributed by atoms with E-state index in [2.05, 4.69) is 31.2 Å². The quantitative estimate of drug-likeness (QED) is 0.585. The summed E-state index contributed by atoms with van der Waals surface area (Å²) in [6.45, 7) is 2.13. The molecule has 0 heterocycles. The summed E-state index contributed by atoms with van der Waals surface area (Å²) in [5.41, 5.74) is 2.62. The second-order valence-electron chi connectivity index (χ2n) is 5.23. The summed E-state index contributed by atoms with van der Waals surface area (Å²) in [6.07, 6.45) is 5.65. The fourth-order valence-electron chi connectivity index (χ4n) is 3.12. The second kappa shape index (κ2) is 6.03. The largest absolute Gasteiger partial charge is 0.469 e. The third kappa shape index (κ3) is 2.74. The fourth-order valence-corrected chi connectivity index (χ4v) is 3.12. The van der Waals surface area contributed by atoms with E-state index in [9.17, 15) is 4.79 Å². The SMILES string of the molecule is COC(=O)C1CCCCCC1c1ccccc1C. The predicted octanol–water partition coefficient (Wildman–Crippen LogP) is 3.83. The number of benzene rings is 1. The zero-order valence-electron chi connectivity index (χ0n) is 11.3. The van der Waals surface area contributed by atoms with Crippen LogP contribution >= 0.6 is 0 Å². The van der Waals surface area contributed by atoms with E-state index < -0.39 is 0 Å². The van der Waals surface area contributed by atoms with Crippen molar-refractivity contribution in [1.82, 2.24) is 0 Å². The van der Waals surface area contributed by atoms with Gasteiger partial charge in [0.25, 0.3) is 0 Å². The molecule has 0 bridgehead atoms. The van der Waals surface area contributed by atoms with Gasteiger partial charge in [0.15, 0.2) is 0 Å². The Morgan fingerprint density at radius 1 is 1.17 bits per heavy atom. The lowest BCUT2D eigenvalue weighted by molar-refractivity contribution is -0.146. The molecule has 2 atom stereocenters. The number of rotatable bonds is 2. The molecule has 0 radical (unpaired) electrons. The van der Waals surface area contributed by atoms with Crippen molar-refractivity contribution < 1.29 is 9.53 Å². The summed E-state index contributed by atoms with van der Waals surface area (Å²) >= 11 is 0. The van der Waals surface area contributed by atoms with Crippen molar-refractivity contribution in [2.45, 2.75) is 44.9 Å². The highest BCUT2D eigenvalue weighted by molar-refractivity contribution is 5.73. The monoisotopic (exact) mass is 246 g/mol. The van der Waals surface area contributed by atoms with Gasteiger partial charge in [0, 0.05) is 0 Å². The first-order valence-corrected chi connectivity index (χ1v) is 6.87. The van der Waals surface area contributed by atoms with E-state index in [0.29, 0.717) is 5.92 Å². The number of methoxy groups -OCH3 is 1. The van der Waals surface area contributed by atoms with Crippen LogP contribution in [0.15, 0.2) is 24.3 Å². The highest BCUT2D eigenvalue weighted by Gasteiger charge is 2.32. The van der Waals surface area contributed by atoms with E-state index in [4.69, 9.17) is 4.74 Å². The molecule has 0 spiro atoms. The first kappa shape index (κ1) is 13.1. The van der Waals surface area contributed by atoms with Crippen LogP contribution in [0.25, 0.3) is 0 Å². The van der Waals surface area contributed by atoms with E-state index in [1.807, 2.05) is 0 Å². The molecule has 1 fully saturated rings. The van der Waals surface area contributed by atoms with Crippen molar-refractivity contribution in [3.05, 3.63) is 35.4 Å².